The van der Waals surface area contributed by atoms with Gasteiger partial charge in [-0.1, -0.05) is 11.6 Å². The molecule has 19 heavy (non-hydrogen) atoms. The predicted molar refractivity (Wildman–Crippen MR) is 70.8 cm³/mol. The number of fused-ring (bicyclic) bond motifs is 1. The monoisotopic (exact) mass is 273 g/mol. The van der Waals surface area contributed by atoms with Gasteiger partial charge in [0.15, 0.2) is 5.65 Å². The highest BCUT2D eigenvalue weighted by molar-refractivity contribution is 6.33. The second-order valence-electron chi connectivity index (χ2n) is 3.93. The van der Waals surface area contributed by atoms with E-state index in [2.05, 4.69) is 9.97 Å². The summed E-state index contributed by atoms with van der Waals surface area (Å²) < 4.78 is 1.81. The number of rotatable bonds is 2. The molecule has 1 N–H and O–H groups in total. The van der Waals surface area contributed by atoms with Crippen LogP contribution >= 0.6 is 11.6 Å². The van der Waals surface area contributed by atoms with Crippen LogP contribution in [0.2, 0.25) is 5.02 Å². The van der Waals surface area contributed by atoms with Crippen molar-refractivity contribution in [3.63, 3.8) is 0 Å². The van der Waals surface area contributed by atoms with E-state index >= 15 is 0 Å². The van der Waals surface area contributed by atoms with Gasteiger partial charge in [-0.3, -0.25) is 4.57 Å². The summed E-state index contributed by atoms with van der Waals surface area (Å²) in [6.45, 7) is 0. The standard InChI is InChI=1S/C13H8ClN3O2/c14-10-6-8(3-4-9(10)13(18)19)17-7-16-12-11(17)2-1-5-15-12/h1-7H,(H,18,19). The Kier molecular flexibility index (Phi) is 2.68. The molecule has 0 amide bonds. The van der Waals surface area contributed by atoms with Crippen molar-refractivity contribution in [2.24, 2.45) is 0 Å². The number of pyridine rings is 1. The lowest BCUT2D eigenvalue weighted by Gasteiger charge is -2.06. The van der Waals surface area contributed by atoms with Crippen LogP contribution in [0.15, 0.2) is 42.9 Å². The molecule has 0 fully saturated rings. The van der Waals surface area contributed by atoms with Crippen LogP contribution in [-0.4, -0.2) is 25.6 Å². The van der Waals surface area contributed by atoms with Crippen molar-refractivity contribution in [2.45, 2.75) is 0 Å². The van der Waals surface area contributed by atoms with Gasteiger partial charge >= 0.3 is 5.97 Å². The fourth-order valence-corrected chi connectivity index (χ4v) is 2.14. The molecule has 0 aliphatic rings. The molecule has 1 aromatic carbocycles. The molecule has 0 bridgehead atoms. The van der Waals surface area contributed by atoms with Gasteiger partial charge in [-0.2, -0.15) is 0 Å². The fraction of sp³-hybridized carbons (Fsp3) is 0. The highest BCUT2D eigenvalue weighted by atomic mass is 35.5. The SMILES string of the molecule is O=C(O)c1ccc(-n2cnc3ncccc32)cc1Cl. The molecular formula is C13H8ClN3O2. The lowest BCUT2D eigenvalue weighted by molar-refractivity contribution is 0.0697. The average molecular weight is 274 g/mol. The Bertz CT molecular complexity index is 782. The lowest BCUT2D eigenvalue weighted by Crippen LogP contribution is -1.99. The molecule has 0 aliphatic heterocycles. The number of halogens is 1. The molecule has 3 rings (SSSR count). The molecular weight excluding hydrogens is 266 g/mol. The number of carboxylic acids is 1. The number of hydrogen-bond acceptors (Lipinski definition) is 3. The first-order valence-electron chi connectivity index (χ1n) is 5.48. The molecule has 0 saturated carbocycles. The van der Waals surface area contributed by atoms with Crippen molar-refractivity contribution in [2.75, 3.05) is 0 Å². The summed E-state index contributed by atoms with van der Waals surface area (Å²) in [7, 11) is 0. The third kappa shape index (κ3) is 1.94. The molecule has 2 heterocycles. The van der Waals surface area contributed by atoms with E-state index in [1.807, 2.05) is 12.1 Å². The van der Waals surface area contributed by atoms with Crippen molar-refractivity contribution < 1.29 is 9.90 Å². The summed E-state index contributed by atoms with van der Waals surface area (Å²) >= 11 is 5.96. The normalized spacial score (nSPS) is 10.8. The third-order valence-electron chi connectivity index (χ3n) is 2.78. The number of aromatic nitrogens is 3. The Morgan fingerprint density at radius 2 is 2.11 bits per heavy atom. The van der Waals surface area contributed by atoms with Crippen LogP contribution in [0, 0.1) is 0 Å². The van der Waals surface area contributed by atoms with Crippen molar-refractivity contribution >= 4 is 28.7 Å². The van der Waals surface area contributed by atoms with E-state index in [0.29, 0.717) is 5.65 Å². The topological polar surface area (TPSA) is 68.0 Å². The average Bonchev–Trinajstić information content (AvgIpc) is 2.82. The maximum atomic E-state index is 10.9. The Hall–Kier alpha value is -2.40. The molecule has 3 aromatic rings. The predicted octanol–water partition coefficient (Wildman–Crippen LogP) is 2.77. The zero-order valence-corrected chi connectivity index (χ0v) is 10.4. The largest absolute Gasteiger partial charge is 0.478 e. The van der Waals surface area contributed by atoms with E-state index in [0.717, 1.165) is 11.2 Å². The minimum absolute atomic E-state index is 0.0768. The van der Waals surface area contributed by atoms with Crippen LogP contribution in [0.25, 0.3) is 16.9 Å². The quantitative estimate of drug-likeness (QED) is 0.779. The molecule has 2 aromatic heterocycles. The number of benzene rings is 1. The number of carboxylic acid groups (broad SMARTS) is 1. The summed E-state index contributed by atoms with van der Waals surface area (Å²) in [6, 6.07) is 8.45. The van der Waals surface area contributed by atoms with Crippen molar-refractivity contribution in [3.8, 4) is 5.69 Å². The first kappa shape index (κ1) is 11.7. The van der Waals surface area contributed by atoms with E-state index in [1.165, 1.54) is 6.07 Å². The van der Waals surface area contributed by atoms with Gasteiger partial charge in [-0.25, -0.2) is 14.8 Å². The van der Waals surface area contributed by atoms with Crippen LogP contribution in [0.3, 0.4) is 0 Å². The highest BCUT2D eigenvalue weighted by Crippen LogP contribution is 2.22. The molecule has 0 unspecified atom stereocenters. The van der Waals surface area contributed by atoms with Crippen LogP contribution < -0.4 is 0 Å². The molecule has 0 saturated heterocycles. The maximum Gasteiger partial charge on any atom is 0.337 e. The first-order chi connectivity index (χ1) is 9.16. The number of aromatic carboxylic acids is 1. The zero-order valence-electron chi connectivity index (χ0n) is 9.62. The highest BCUT2D eigenvalue weighted by Gasteiger charge is 2.11. The van der Waals surface area contributed by atoms with Crippen LogP contribution in [0.4, 0.5) is 0 Å². The number of carbonyl (C=O) groups is 1. The number of hydrogen-bond donors (Lipinski definition) is 1. The van der Waals surface area contributed by atoms with Crippen LogP contribution in [0.1, 0.15) is 10.4 Å². The summed E-state index contributed by atoms with van der Waals surface area (Å²) in [6.07, 6.45) is 3.30. The molecule has 0 radical (unpaired) electrons. The van der Waals surface area contributed by atoms with Crippen LogP contribution in [-0.2, 0) is 0 Å². The second-order valence-corrected chi connectivity index (χ2v) is 4.34. The molecule has 6 heteroatoms. The summed E-state index contributed by atoms with van der Waals surface area (Å²) in [4.78, 5) is 19.2. The van der Waals surface area contributed by atoms with Gasteiger partial charge in [0, 0.05) is 11.9 Å². The first-order valence-corrected chi connectivity index (χ1v) is 5.86. The fourth-order valence-electron chi connectivity index (χ4n) is 1.88. The maximum absolute atomic E-state index is 10.9. The lowest BCUT2D eigenvalue weighted by atomic mass is 10.2. The summed E-state index contributed by atoms with van der Waals surface area (Å²) in [5.41, 5.74) is 2.28. The van der Waals surface area contributed by atoms with Crippen LogP contribution in [0.5, 0.6) is 0 Å². The molecule has 94 valence electrons. The van der Waals surface area contributed by atoms with Gasteiger partial charge in [-0.05, 0) is 30.3 Å². The van der Waals surface area contributed by atoms with Gasteiger partial charge in [0.1, 0.15) is 6.33 Å². The summed E-state index contributed by atoms with van der Waals surface area (Å²) in [5, 5.41) is 9.14. The van der Waals surface area contributed by atoms with E-state index in [1.54, 1.807) is 29.2 Å². The van der Waals surface area contributed by atoms with Crippen molar-refractivity contribution in [1.29, 1.82) is 0 Å². The minimum atomic E-state index is -1.05. The van der Waals surface area contributed by atoms with Gasteiger partial charge in [-0.15, -0.1) is 0 Å². The Labute approximate surface area is 113 Å². The number of imidazole rings is 1. The van der Waals surface area contributed by atoms with Gasteiger partial charge in [0.25, 0.3) is 0 Å². The smallest absolute Gasteiger partial charge is 0.337 e. The number of nitrogens with zero attached hydrogens (tertiary/aromatic N) is 3. The minimum Gasteiger partial charge on any atom is -0.478 e. The Morgan fingerprint density at radius 3 is 2.84 bits per heavy atom. The second kappa shape index (κ2) is 4.37. The van der Waals surface area contributed by atoms with Gasteiger partial charge in [0.05, 0.1) is 16.1 Å². The Balaban J connectivity index is 2.17. The van der Waals surface area contributed by atoms with Gasteiger partial charge in [0.2, 0.25) is 0 Å². The molecule has 5 nitrogen and oxygen atoms in total. The molecule has 0 aliphatic carbocycles. The van der Waals surface area contributed by atoms with Crippen molar-refractivity contribution in [1.82, 2.24) is 14.5 Å². The molecule has 0 atom stereocenters. The summed E-state index contributed by atoms with van der Waals surface area (Å²) in [5.74, 6) is -1.05. The van der Waals surface area contributed by atoms with Gasteiger partial charge < -0.3 is 5.11 Å². The zero-order chi connectivity index (χ0) is 13.4. The van der Waals surface area contributed by atoms with E-state index in [-0.39, 0.29) is 10.6 Å². The Morgan fingerprint density at radius 1 is 1.26 bits per heavy atom. The van der Waals surface area contributed by atoms with E-state index in [4.69, 9.17) is 16.7 Å². The van der Waals surface area contributed by atoms with E-state index in [9.17, 15) is 4.79 Å². The van der Waals surface area contributed by atoms with E-state index < -0.39 is 5.97 Å². The van der Waals surface area contributed by atoms with Crippen molar-refractivity contribution in [3.05, 3.63) is 53.4 Å². The molecule has 0 spiro atoms. The third-order valence-corrected chi connectivity index (χ3v) is 3.10.